The van der Waals surface area contributed by atoms with Crippen LogP contribution in [0.3, 0.4) is 0 Å². The molecule has 4 unspecified atom stereocenters. The minimum absolute atomic E-state index is 0.221. The number of rotatable bonds is 1. The molecule has 0 bridgehead atoms. The smallest absolute Gasteiger partial charge is 0.107 e. The van der Waals surface area contributed by atoms with Crippen molar-refractivity contribution < 1.29 is 20.4 Å². The molecule has 0 spiro atoms. The van der Waals surface area contributed by atoms with E-state index in [0.29, 0.717) is 13.0 Å². The lowest BCUT2D eigenvalue weighted by Gasteiger charge is -2.29. The summed E-state index contributed by atoms with van der Waals surface area (Å²) in [6, 6.07) is -0.493. The zero-order valence-corrected chi connectivity index (χ0v) is 7.67. The first kappa shape index (κ1) is 10.9. The van der Waals surface area contributed by atoms with Crippen molar-refractivity contribution >= 4 is 0 Å². The molecule has 1 aliphatic heterocycles. The standard InChI is InChI=1S/C8H17NO4/c1-9-3-2-6(11)8(13)7(12)5(9)4-10/h5-8,10-13H,2-4H2,1H3. The Morgan fingerprint density at radius 2 is 1.85 bits per heavy atom. The number of likely N-dealkylation sites (tertiary alicyclic amines) is 1. The van der Waals surface area contributed by atoms with Gasteiger partial charge in [-0.2, -0.15) is 0 Å². The Hall–Kier alpha value is -0.200. The lowest BCUT2D eigenvalue weighted by Crippen LogP contribution is -2.49. The highest BCUT2D eigenvalue weighted by Gasteiger charge is 2.36. The number of aliphatic hydroxyl groups is 4. The van der Waals surface area contributed by atoms with Crippen LogP contribution in [0.4, 0.5) is 0 Å². The van der Waals surface area contributed by atoms with Gasteiger partial charge in [-0.25, -0.2) is 0 Å². The number of hydrogen-bond acceptors (Lipinski definition) is 5. The van der Waals surface area contributed by atoms with Crippen LogP contribution in [0.5, 0.6) is 0 Å². The van der Waals surface area contributed by atoms with Crippen molar-refractivity contribution in [2.45, 2.75) is 30.8 Å². The maximum atomic E-state index is 9.55. The molecule has 1 aliphatic rings. The van der Waals surface area contributed by atoms with Gasteiger partial charge in [0.2, 0.25) is 0 Å². The van der Waals surface area contributed by atoms with Crippen molar-refractivity contribution in [3.05, 3.63) is 0 Å². The fraction of sp³-hybridized carbons (Fsp3) is 1.00. The molecule has 0 saturated carbocycles. The zero-order valence-electron chi connectivity index (χ0n) is 7.67. The van der Waals surface area contributed by atoms with Crippen molar-refractivity contribution in [2.75, 3.05) is 20.2 Å². The van der Waals surface area contributed by atoms with E-state index in [1.807, 2.05) is 0 Å². The largest absolute Gasteiger partial charge is 0.395 e. The van der Waals surface area contributed by atoms with Crippen molar-refractivity contribution in [1.29, 1.82) is 0 Å². The highest BCUT2D eigenvalue weighted by Crippen LogP contribution is 2.16. The molecule has 5 heteroatoms. The van der Waals surface area contributed by atoms with E-state index in [4.69, 9.17) is 5.11 Å². The van der Waals surface area contributed by atoms with Gasteiger partial charge in [0, 0.05) is 6.54 Å². The summed E-state index contributed by atoms with van der Waals surface area (Å²) in [5.74, 6) is 0. The Morgan fingerprint density at radius 1 is 1.23 bits per heavy atom. The van der Waals surface area contributed by atoms with E-state index in [1.165, 1.54) is 0 Å². The van der Waals surface area contributed by atoms with Crippen LogP contribution in [0, 0.1) is 0 Å². The second-order valence-corrected chi connectivity index (χ2v) is 3.57. The van der Waals surface area contributed by atoms with Crippen LogP contribution in [-0.2, 0) is 0 Å². The van der Waals surface area contributed by atoms with Gasteiger partial charge < -0.3 is 20.4 Å². The van der Waals surface area contributed by atoms with Crippen LogP contribution >= 0.6 is 0 Å². The minimum Gasteiger partial charge on any atom is -0.395 e. The minimum atomic E-state index is -1.16. The fourth-order valence-corrected chi connectivity index (χ4v) is 1.64. The summed E-state index contributed by atoms with van der Waals surface area (Å²) < 4.78 is 0. The van der Waals surface area contributed by atoms with Gasteiger partial charge in [0.05, 0.1) is 18.8 Å². The molecule has 78 valence electrons. The summed E-state index contributed by atoms with van der Waals surface area (Å²) in [5.41, 5.74) is 0. The highest BCUT2D eigenvalue weighted by atomic mass is 16.4. The Labute approximate surface area is 77.2 Å². The molecule has 1 saturated heterocycles. The normalized spacial score (nSPS) is 43.2. The molecule has 0 aromatic rings. The van der Waals surface area contributed by atoms with Crippen LogP contribution in [0.25, 0.3) is 0 Å². The highest BCUT2D eigenvalue weighted by molar-refractivity contribution is 4.89. The van der Waals surface area contributed by atoms with E-state index in [-0.39, 0.29) is 6.61 Å². The van der Waals surface area contributed by atoms with Crippen molar-refractivity contribution in [3.63, 3.8) is 0 Å². The number of hydrogen-bond donors (Lipinski definition) is 4. The molecule has 1 heterocycles. The van der Waals surface area contributed by atoms with Gasteiger partial charge >= 0.3 is 0 Å². The van der Waals surface area contributed by atoms with E-state index in [2.05, 4.69) is 0 Å². The fourth-order valence-electron chi connectivity index (χ4n) is 1.64. The second-order valence-electron chi connectivity index (χ2n) is 3.57. The predicted molar refractivity (Wildman–Crippen MR) is 46.1 cm³/mol. The summed E-state index contributed by atoms with van der Waals surface area (Å²) in [5, 5.41) is 37.3. The Kier molecular flexibility index (Phi) is 3.63. The first-order chi connectivity index (χ1) is 6.07. The first-order valence-corrected chi connectivity index (χ1v) is 4.43. The van der Waals surface area contributed by atoms with Gasteiger partial charge in [0.1, 0.15) is 12.2 Å². The third-order valence-corrected chi connectivity index (χ3v) is 2.67. The van der Waals surface area contributed by atoms with Gasteiger partial charge in [-0.15, -0.1) is 0 Å². The first-order valence-electron chi connectivity index (χ1n) is 4.43. The third-order valence-electron chi connectivity index (χ3n) is 2.67. The number of likely N-dealkylation sites (N-methyl/N-ethyl adjacent to an activating group) is 1. The van der Waals surface area contributed by atoms with Gasteiger partial charge in [-0.3, -0.25) is 4.90 Å². The molecule has 4 N–H and O–H groups in total. The van der Waals surface area contributed by atoms with E-state index < -0.39 is 24.4 Å². The Morgan fingerprint density at radius 3 is 2.38 bits per heavy atom. The van der Waals surface area contributed by atoms with Gasteiger partial charge in [-0.1, -0.05) is 0 Å². The Balaban J connectivity index is 2.72. The molecular formula is C8H17NO4. The maximum Gasteiger partial charge on any atom is 0.107 e. The summed E-state index contributed by atoms with van der Waals surface area (Å²) >= 11 is 0. The van der Waals surface area contributed by atoms with E-state index in [9.17, 15) is 15.3 Å². The Bertz CT molecular complexity index is 166. The average molecular weight is 191 g/mol. The van der Waals surface area contributed by atoms with Gasteiger partial charge in [0.25, 0.3) is 0 Å². The summed E-state index contributed by atoms with van der Waals surface area (Å²) in [4.78, 5) is 1.74. The molecule has 0 amide bonds. The van der Waals surface area contributed by atoms with E-state index >= 15 is 0 Å². The molecule has 13 heavy (non-hydrogen) atoms. The zero-order chi connectivity index (χ0) is 10.0. The van der Waals surface area contributed by atoms with Crippen LogP contribution < -0.4 is 0 Å². The molecule has 0 aromatic heterocycles. The molecule has 0 radical (unpaired) electrons. The lowest BCUT2D eigenvalue weighted by molar-refractivity contribution is -0.0772. The van der Waals surface area contributed by atoms with Gasteiger partial charge in [-0.05, 0) is 13.5 Å². The summed E-state index contributed by atoms with van der Waals surface area (Å²) in [6.07, 6.45) is -2.76. The topological polar surface area (TPSA) is 84.2 Å². The summed E-state index contributed by atoms with van der Waals surface area (Å²) in [7, 11) is 1.74. The van der Waals surface area contributed by atoms with Crippen molar-refractivity contribution in [2.24, 2.45) is 0 Å². The van der Waals surface area contributed by atoms with Gasteiger partial charge in [0.15, 0.2) is 0 Å². The molecule has 1 fully saturated rings. The molecule has 5 nitrogen and oxygen atoms in total. The molecule has 4 atom stereocenters. The monoisotopic (exact) mass is 191 g/mol. The van der Waals surface area contributed by atoms with Crippen LogP contribution in [0.1, 0.15) is 6.42 Å². The van der Waals surface area contributed by atoms with Crippen LogP contribution in [0.2, 0.25) is 0 Å². The van der Waals surface area contributed by atoms with Crippen molar-refractivity contribution in [1.82, 2.24) is 4.90 Å². The maximum absolute atomic E-state index is 9.55. The lowest BCUT2D eigenvalue weighted by atomic mass is 10.0. The molecular weight excluding hydrogens is 174 g/mol. The SMILES string of the molecule is CN1CCC(O)C(O)C(O)C1CO. The molecule has 0 aliphatic carbocycles. The number of aliphatic hydroxyl groups excluding tert-OH is 4. The van der Waals surface area contributed by atoms with E-state index in [1.54, 1.807) is 11.9 Å². The number of nitrogens with zero attached hydrogens (tertiary/aromatic N) is 1. The molecule has 0 aromatic carbocycles. The van der Waals surface area contributed by atoms with Crippen LogP contribution in [0.15, 0.2) is 0 Å². The average Bonchev–Trinajstić information content (AvgIpc) is 2.20. The molecule has 1 rings (SSSR count). The van der Waals surface area contributed by atoms with E-state index in [0.717, 1.165) is 0 Å². The third kappa shape index (κ3) is 2.18. The van der Waals surface area contributed by atoms with Crippen molar-refractivity contribution in [3.8, 4) is 0 Å². The summed E-state index contributed by atoms with van der Waals surface area (Å²) in [6.45, 7) is 0.335. The predicted octanol–water partition coefficient (Wildman–Crippen LogP) is -2.23. The van der Waals surface area contributed by atoms with Crippen LogP contribution in [-0.4, -0.2) is 69.9 Å². The second kappa shape index (κ2) is 4.34. The quantitative estimate of drug-likeness (QED) is 0.377.